The van der Waals surface area contributed by atoms with E-state index in [0.29, 0.717) is 6.04 Å². The fourth-order valence-electron chi connectivity index (χ4n) is 2.48. The van der Waals surface area contributed by atoms with Gasteiger partial charge in [0.05, 0.1) is 13.7 Å². The molecule has 0 amide bonds. The number of unbranched alkanes of at least 4 members (excludes halogenated alkanes) is 1. The zero-order valence-corrected chi connectivity index (χ0v) is 12.4. The average Bonchev–Trinajstić information content (AvgIpc) is 2.49. The molecule has 0 bridgehead atoms. The van der Waals surface area contributed by atoms with Crippen LogP contribution in [-0.4, -0.2) is 44.3 Å². The summed E-state index contributed by atoms with van der Waals surface area (Å²) < 4.78 is 10.8. The van der Waals surface area contributed by atoms with Crippen molar-refractivity contribution in [1.82, 2.24) is 4.90 Å². The van der Waals surface area contributed by atoms with Gasteiger partial charge in [-0.15, -0.1) is 0 Å². The Kier molecular flexibility index (Phi) is 6.15. The van der Waals surface area contributed by atoms with E-state index in [2.05, 4.69) is 4.90 Å². The van der Waals surface area contributed by atoms with E-state index < -0.39 is 0 Å². The summed E-state index contributed by atoms with van der Waals surface area (Å²) in [6, 6.07) is 8.17. The largest absolute Gasteiger partial charge is 0.497 e. The molecule has 1 aromatic carbocycles. The van der Waals surface area contributed by atoms with Gasteiger partial charge >= 0.3 is 0 Å². The molecule has 1 fully saturated rings. The van der Waals surface area contributed by atoms with Crippen molar-refractivity contribution in [3.05, 3.63) is 24.3 Å². The van der Waals surface area contributed by atoms with Crippen LogP contribution in [0.1, 0.15) is 25.7 Å². The maximum Gasteiger partial charge on any atom is 0.119 e. The summed E-state index contributed by atoms with van der Waals surface area (Å²) in [4.78, 5) is 2.51. The lowest BCUT2D eigenvalue weighted by Gasteiger charge is -2.29. The molecule has 2 rings (SSSR count). The molecule has 0 atom stereocenters. The third-order valence-electron chi connectivity index (χ3n) is 3.83. The van der Waals surface area contributed by atoms with Crippen LogP contribution >= 0.6 is 0 Å². The number of likely N-dealkylation sites (tertiary alicyclic amines) is 1. The van der Waals surface area contributed by atoms with Crippen LogP contribution < -0.4 is 15.2 Å². The van der Waals surface area contributed by atoms with Crippen LogP contribution in [0.15, 0.2) is 24.3 Å². The van der Waals surface area contributed by atoms with Crippen LogP contribution in [0.25, 0.3) is 0 Å². The Morgan fingerprint density at radius 3 is 2.40 bits per heavy atom. The zero-order chi connectivity index (χ0) is 14.2. The number of nitrogens with zero attached hydrogens (tertiary/aromatic N) is 1. The maximum absolute atomic E-state index is 5.90. The molecular formula is C16H26N2O2. The molecule has 0 saturated carbocycles. The van der Waals surface area contributed by atoms with Gasteiger partial charge in [0.15, 0.2) is 0 Å². The number of ether oxygens (including phenoxy) is 2. The summed E-state index contributed by atoms with van der Waals surface area (Å²) in [6.07, 6.45) is 4.56. The van der Waals surface area contributed by atoms with E-state index in [1.54, 1.807) is 7.11 Å². The van der Waals surface area contributed by atoms with Crippen molar-refractivity contribution in [3.8, 4) is 11.5 Å². The summed E-state index contributed by atoms with van der Waals surface area (Å²) in [5.74, 6) is 1.77. The SMILES string of the molecule is COc1ccc(OCCCCN2CCC(N)CC2)cc1. The molecule has 112 valence electrons. The van der Waals surface area contributed by atoms with Crippen LogP contribution in [0.5, 0.6) is 11.5 Å². The van der Waals surface area contributed by atoms with Crippen LogP contribution in [0.4, 0.5) is 0 Å². The number of rotatable bonds is 7. The summed E-state index contributed by atoms with van der Waals surface area (Å²) in [6.45, 7) is 4.25. The summed E-state index contributed by atoms with van der Waals surface area (Å²) >= 11 is 0. The lowest BCUT2D eigenvalue weighted by atomic mass is 10.1. The molecule has 1 aliphatic rings. The van der Waals surface area contributed by atoms with Gasteiger partial charge in [-0.3, -0.25) is 0 Å². The Morgan fingerprint density at radius 1 is 1.10 bits per heavy atom. The Morgan fingerprint density at radius 2 is 1.75 bits per heavy atom. The van der Waals surface area contributed by atoms with Crippen molar-refractivity contribution >= 4 is 0 Å². The topological polar surface area (TPSA) is 47.7 Å². The third-order valence-corrected chi connectivity index (χ3v) is 3.83. The second kappa shape index (κ2) is 8.12. The third kappa shape index (κ3) is 5.02. The second-order valence-electron chi connectivity index (χ2n) is 5.41. The van der Waals surface area contributed by atoms with Crippen molar-refractivity contribution in [2.75, 3.05) is 33.4 Å². The normalized spacial score (nSPS) is 17.1. The molecule has 1 saturated heterocycles. The predicted octanol–water partition coefficient (Wildman–Crippen LogP) is 2.28. The smallest absolute Gasteiger partial charge is 0.119 e. The average molecular weight is 278 g/mol. The van der Waals surface area contributed by atoms with E-state index >= 15 is 0 Å². The molecule has 0 aromatic heterocycles. The fourth-order valence-corrected chi connectivity index (χ4v) is 2.48. The highest BCUT2D eigenvalue weighted by Crippen LogP contribution is 2.17. The first kappa shape index (κ1) is 15.1. The second-order valence-corrected chi connectivity index (χ2v) is 5.41. The molecule has 4 nitrogen and oxygen atoms in total. The van der Waals surface area contributed by atoms with E-state index in [1.165, 1.54) is 13.0 Å². The highest BCUT2D eigenvalue weighted by molar-refractivity contribution is 5.31. The van der Waals surface area contributed by atoms with Crippen LogP contribution in [0.2, 0.25) is 0 Å². The van der Waals surface area contributed by atoms with Crippen molar-refractivity contribution < 1.29 is 9.47 Å². The number of methoxy groups -OCH3 is 1. The molecule has 20 heavy (non-hydrogen) atoms. The molecule has 2 N–H and O–H groups in total. The highest BCUT2D eigenvalue weighted by atomic mass is 16.5. The summed E-state index contributed by atoms with van der Waals surface area (Å²) in [5, 5.41) is 0. The molecule has 4 heteroatoms. The van der Waals surface area contributed by atoms with Gasteiger partial charge in [-0.2, -0.15) is 0 Å². The Bertz CT molecular complexity index is 373. The van der Waals surface area contributed by atoms with Crippen LogP contribution in [0.3, 0.4) is 0 Å². The van der Waals surface area contributed by atoms with Crippen LogP contribution in [-0.2, 0) is 0 Å². The molecular weight excluding hydrogens is 252 g/mol. The number of benzene rings is 1. The van der Waals surface area contributed by atoms with Gasteiger partial charge in [0.2, 0.25) is 0 Å². The fraction of sp³-hybridized carbons (Fsp3) is 0.625. The molecule has 1 heterocycles. The van der Waals surface area contributed by atoms with Crippen molar-refractivity contribution in [2.45, 2.75) is 31.7 Å². The number of hydrogen-bond acceptors (Lipinski definition) is 4. The highest BCUT2D eigenvalue weighted by Gasteiger charge is 2.14. The Labute approximate surface area is 121 Å². The van der Waals surface area contributed by atoms with E-state index in [4.69, 9.17) is 15.2 Å². The first-order valence-electron chi connectivity index (χ1n) is 7.53. The zero-order valence-electron chi connectivity index (χ0n) is 12.4. The first-order valence-corrected chi connectivity index (χ1v) is 7.53. The van der Waals surface area contributed by atoms with E-state index in [9.17, 15) is 0 Å². The summed E-state index contributed by atoms with van der Waals surface area (Å²) in [5.41, 5.74) is 5.90. The number of nitrogens with two attached hydrogens (primary N) is 1. The lowest BCUT2D eigenvalue weighted by Crippen LogP contribution is -2.40. The Hall–Kier alpha value is -1.26. The van der Waals surface area contributed by atoms with Gasteiger partial charge in [0, 0.05) is 6.04 Å². The van der Waals surface area contributed by atoms with Gasteiger partial charge in [-0.1, -0.05) is 0 Å². The molecule has 0 aliphatic carbocycles. The molecule has 0 spiro atoms. The van der Waals surface area contributed by atoms with E-state index in [0.717, 1.165) is 50.5 Å². The van der Waals surface area contributed by atoms with Gasteiger partial charge in [0.25, 0.3) is 0 Å². The number of hydrogen-bond donors (Lipinski definition) is 1. The van der Waals surface area contributed by atoms with Crippen molar-refractivity contribution in [3.63, 3.8) is 0 Å². The minimum Gasteiger partial charge on any atom is -0.497 e. The van der Waals surface area contributed by atoms with Crippen molar-refractivity contribution in [1.29, 1.82) is 0 Å². The molecule has 1 aliphatic heterocycles. The van der Waals surface area contributed by atoms with Crippen LogP contribution in [0, 0.1) is 0 Å². The first-order chi connectivity index (χ1) is 9.78. The maximum atomic E-state index is 5.90. The van der Waals surface area contributed by atoms with E-state index in [-0.39, 0.29) is 0 Å². The quantitative estimate of drug-likeness (QED) is 0.777. The predicted molar refractivity (Wildman–Crippen MR) is 81.4 cm³/mol. The van der Waals surface area contributed by atoms with Gasteiger partial charge in [-0.25, -0.2) is 0 Å². The Balaban J connectivity index is 1.55. The van der Waals surface area contributed by atoms with Gasteiger partial charge < -0.3 is 20.1 Å². The van der Waals surface area contributed by atoms with Gasteiger partial charge in [0.1, 0.15) is 11.5 Å². The lowest BCUT2D eigenvalue weighted by molar-refractivity contribution is 0.203. The van der Waals surface area contributed by atoms with Gasteiger partial charge in [-0.05, 0) is 69.6 Å². The monoisotopic (exact) mass is 278 g/mol. The molecule has 0 unspecified atom stereocenters. The minimum absolute atomic E-state index is 0.421. The standard InChI is InChI=1S/C16H26N2O2/c1-19-15-4-6-16(7-5-15)20-13-3-2-10-18-11-8-14(17)9-12-18/h4-7,14H,2-3,8-13,17H2,1H3. The minimum atomic E-state index is 0.421. The molecule has 0 radical (unpaired) electrons. The molecule has 1 aromatic rings. The van der Waals surface area contributed by atoms with E-state index in [1.807, 2.05) is 24.3 Å². The summed E-state index contributed by atoms with van der Waals surface area (Å²) in [7, 11) is 1.67. The van der Waals surface area contributed by atoms with Crippen molar-refractivity contribution in [2.24, 2.45) is 5.73 Å². The number of piperidine rings is 1.